The minimum absolute atomic E-state index is 0.0289. The molecule has 0 radical (unpaired) electrons. The van der Waals surface area contributed by atoms with Gasteiger partial charge in [0.1, 0.15) is 11.6 Å². The average Bonchev–Trinajstić information content (AvgIpc) is 2.45. The molecule has 1 aromatic carbocycles. The highest BCUT2D eigenvalue weighted by Gasteiger charge is 2.23. The Hall–Kier alpha value is -1.33. The standard InChI is InChI=1S/C15H20F2N2O/c1-2-19(12-5-7-18-8-6-12)10-15(20)13-4-3-11(16)9-14(13)17/h3-4,9,12,18H,2,5-8,10H2,1H3. The molecule has 1 heterocycles. The fourth-order valence-corrected chi connectivity index (χ4v) is 2.66. The van der Waals surface area contributed by atoms with Crippen LogP contribution in [0.25, 0.3) is 0 Å². The number of nitrogens with zero attached hydrogens (tertiary/aromatic N) is 1. The molecule has 0 saturated carbocycles. The Balaban J connectivity index is 2.04. The number of hydrogen-bond acceptors (Lipinski definition) is 3. The molecular weight excluding hydrogens is 262 g/mol. The van der Waals surface area contributed by atoms with Crippen molar-refractivity contribution >= 4 is 5.78 Å². The predicted octanol–water partition coefficient (Wildman–Crippen LogP) is 2.22. The summed E-state index contributed by atoms with van der Waals surface area (Å²) >= 11 is 0. The summed E-state index contributed by atoms with van der Waals surface area (Å²) in [6, 6.07) is 3.46. The van der Waals surface area contributed by atoms with Crippen LogP contribution in [0.1, 0.15) is 30.1 Å². The van der Waals surface area contributed by atoms with E-state index < -0.39 is 11.6 Å². The summed E-state index contributed by atoms with van der Waals surface area (Å²) < 4.78 is 26.5. The number of ketones is 1. The second-order valence-electron chi connectivity index (χ2n) is 5.09. The Morgan fingerprint density at radius 2 is 2.05 bits per heavy atom. The summed E-state index contributed by atoms with van der Waals surface area (Å²) in [6.45, 7) is 4.82. The number of benzene rings is 1. The molecule has 1 N–H and O–H groups in total. The van der Waals surface area contributed by atoms with Crippen LogP contribution in [0.5, 0.6) is 0 Å². The molecule has 0 aliphatic carbocycles. The number of nitrogens with one attached hydrogen (secondary N) is 1. The zero-order valence-corrected chi connectivity index (χ0v) is 11.7. The van der Waals surface area contributed by atoms with Crippen LogP contribution in [0.3, 0.4) is 0 Å². The van der Waals surface area contributed by atoms with Crippen LogP contribution in [0, 0.1) is 11.6 Å². The third kappa shape index (κ3) is 3.61. The van der Waals surface area contributed by atoms with Gasteiger partial charge in [-0.3, -0.25) is 9.69 Å². The number of piperidine rings is 1. The monoisotopic (exact) mass is 282 g/mol. The van der Waals surface area contributed by atoms with Crippen LogP contribution < -0.4 is 5.32 Å². The normalized spacial score (nSPS) is 16.6. The Bertz CT molecular complexity index is 473. The van der Waals surface area contributed by atoms with Crippen molar-refractivity contribution in [1.29, 1.82) is 0 Å². The molecule has 0 amide bonds. The molecule has 1 aliphatic rings. The van der Waals surface area contributed by atoms with Gasteiger partial charge in [-0.05, 0) is 44.6 Å². The number of halogens is 2. The second-order valence-corrected chi connectivity index (χ2v) is 5.09. The highest BCUT2D eigenvalue weighted by Crippen LogP contribution is 2.15. The van der Waals surface area contributed by atoms with Crippen molar-refractivity contribution in [2.75, 3.05) is 26.2 Å². The van der Waals surface area contributed by atoms with Gasteiger partial charge in [-0.25, -0.2) is 8.78 Å². The molecule has 0 aromatic heterocycles. The number of likely N-dealkylation sites (N-methyl/N-ethyl adjacent to an activating group) is 1. The van der Waals surface area contributed by atoms with Gasteiger partial charge < -0.3 is 5.32 Å². The van der Waals surface area contributed by atoms with E-state index in [1.54, 1.807) is 0 Å². The molecule has 5 heteroatoms. The summed E-state index contributed by atoms with van der Waals surface area (Å²) in [4.78, 5) is 14.2. The summed E-state index contributed by atoms with van der Waals surface area (Å²) in [5.41, 5.74) is -0.0289. The lowest BCUT2D eigenvalue weighted by Gasteiger charge is -2.33. The lowest BCUT2D eigenvalue weighted by molar-refractivity contribution is 0.0870. The molecule has 0 unspecified atom stereocenters. The molecule has 0 atom stereocenters. The van der Waals surface area contributed by atoms with Crippen molar-refractivity contribution in [3.05, 3.63) is 35.4 Å². The van der Waals surface area contributed by atoms with E-state index in [0.717, 1.165) is 44.6 Å². The zero-order chi connectivity index (χ0) is 14.5. The molecule has 1 aromatic rings. The van der Waals surface area contributed by atoms with Crippen molar-refractivity contribution in [1.82, 2.24) is 10.2 Å². The fraction of sp³-hybridized carbons (Fsp3) is 0.533. The molecule has 110 valence electrons. The molecule has 1 fully saturated rings. The van der Waals surface area contributed by atoms with Gasteiger partial charge in [0.2, 0.25) is 0 Å². The first kappa shape index (κ1) is 15.1. The summed E-state index contributed by atoms with van der Waals surface area (Å²) in [5.74, 6) is -1.73. The number of carbonyl (C=O) groups excluding carboxylic acids is 1. The first-order valence-corrected chi connectivity index (χ1v) is 7.05. The van der Waals surface area contributed by atoms with Crippen molar-refractivity contribution < 1.29 is 13.6 Å². The van der Waals surface area contributed by atoms with Gasteiger partial charge >= 0.3 is 0 Å². The van der Waals surface area contributed by atoms with Crippen molar-refractivity contribution in [2.24, 2.45) is 0 Å². The smallest absolute Gasteiger partial charge is 0.179 e. The van der Waals surface area contributed by atoms with Gasteiger partial charge in [-0.1, -0.05) is 6.92 Å². The lowest BCUT2D eigenvalue weighted by Crippen LogP contribution is -2.45. The fourth-order valence-electron chi connectivity index (χ4n) is 2.66. The van der Waals surface area contributed by atoms with Crippen LogP contribution in [-0.4, -0.2) is 42.9 Å². The molecule has 20 heavy (non-hydrogen) atoms. The highest BCUT2D eigenvalue weighted by molar-refractivity contribution is 5.97. The van der Waals surface area contributed by atoms with Crippen molar-refractivity contribution in [3.8, 4) is 0 Å². The Morgan fingerprint density at radius 3 is 2.65 bits per heavy atom. The van der Waals surface area contributed by atoms with Crippen LogP contribution in [0.4, 0.5) is 8.78 Å². The van der Waals surface area contributed by atoms with Crippen molar-refractivity contribution in [2.45, 2.75) is 25.8 Å². The highest BCUT2D eigenvalue weighted by atomic mass is 19.1. The second kappa shape index (κ2) is 6.90. The molecule has 0 spiro atoms. The van der Waals surface area contributed by atoms with Gasteiger partial charge in [-0.2, -0.15) is 0 Å². The number of Topliss-reactive ketones (excluding diaryl/α,β-unsaturated/α-hetero) is 1. The molecule has 1 saturated heterocycles. The van der Waals surface area contributed by atoms with Gasteiger partial charge in [-0.15, -0.1) is 0 Å². The summed E-state index contributed by atoms with van der Waals surface area (Å²) in [5, 5.41) is 3.28. The Labute approximate surface area is 118 Å². The van der Waals surface area contributed by atoms with Crippen LogP contribution in [0.2, 0.25) is 0 Å². The predicted molar refractivity (Wildman–Crippen MR) is 73.8 cm³/mol. The van der Waals surface area contributed by atoms with E-state index in [4.69, 9.17) is 0 Å². The Kier molecular flexibility index (Phi) is 5.20. The quantitative estimate of drug-likeness (QED) is 0.841. The maximum Gasteiger partial charge on any atom is 0.179 e. The van der Waals surface area contributed by atoms with E-state index in [0.29, 0.717) is 6.04 Å². The maximum absolute atomic E-state index is 13.6. The third-order valence-electron chi connectivity index (χ3n) is 3.81. The molecule has 2 rings (SSSR count). The van der Waals surface area contributed by atoms with Gasteiger partial charge in [0.05, 0.1) is 12.1 Å². The lowest BCUT2D eigenvalue weighted by atomic mass is 10.0. The van der Waals surface area contributed by atoms with E-state index >= 15 is 0 Å². The Morgan fingerprint density at radius 1 is 1.35 bits per heavy atom. The molecule has 1 aliphatic heterocycles. The van der Waals surface area contributed by atoms with Crippen LogP contribution >= 0.6 is 0 Å². The maximum atomic E-state index is 13.6. The van der Waals surface area contributed by atoms with E-state index in [9.17, 15) is 13.6 Å². The van der Waals surface area contributed by atoms with Crippen LogP contribution in [0.15, 0.2) is 18.2 Å². The average molecular weight is 282 g/mol. The number of hydrogen-bond donors (Lipinski definition) is 1. The number of carbonyl (C=O) groups is 1. The van der Waals surface area contributed by atoms with Crippen molar-refractivity contribution in [3.63, 3.8) is 0 Å². The van der Waals surface area contributed by atoms with Gasteiger partial charge in [0.15, 0.2) is 5.78 Å². The topological polar surface area (TPSA) is 32.3 Å². The minimum Gasteiger partial charge on any atom is -0.317 e. The van der Waals surface area contributed by atoms with E-state index in [1.165, 1.54) is 6.07 Å². The van der Waals surface area contributed by atoms with E-state index in [1.807, 2.05) is 6.92 Å². The van der Waals surface area contributed by atoms with Gasteiger partial charge in [0.25, 0.3) is 0 Å². The zero-order valence-electron chi connectivity index (χ0n) is 11.7. The summed E-state index contributed by atoms with van der Waals surface area (Å²) in [6.07, 6.45) is 1.99. The van der Waals surface area contributed by atoms with Crippen LogP contribution in [-0.2, 0) is 0 Å². The minimum atomic E-state index is -0.781. The van der Waals surface area contributed by atoms with Gasteiger partial charge in [0, 0.05) is 12.1 Å². The van der Waals surface area contributed by atoms with E-state index in [-0.39, 0.29) is 17.9 Å². The number of rotatable bonds is 5. The largest absolute Gasteiger partial charge is 0.317 e. The third-order valence-corrected chi connectivity index (χ3v) is 3.81. The van der Waals surface area contributed by atoms with E-state index in [2.05, 4.69) is 10.2 Å². The molecule has 3 nitrogen and oxygen atoms in total. The first-order chi connectivity index (χ1) is 9.61. The first-order valence-electron chi connectivity index (χ1n) is 7.05. The molecule has 0 bridgehead atoms. The SMILES string of the molecule is CCN(CC(=O)c1ccc(F)cc1F)C1CCNCC1. The molecular formula is C15H20F2N2O. The summed E-state index contributed by atoms with van der Waals surface area (Å²) in [7, 11) is 0.